The second-order valence-electron chi connectivity index (χ2n) is 9.35. The van der Waals surface area contributed by atoms with E-state index in [1.54, 1.807) is 24.5 Å². The summed E-state index contributed by atoms with van der Waals surface area (Å²) < 4.78 is 2.09. The number of fused-ring (bicyclic) bond motifs is 3. The van der Waals surface area contributed by atoms with E-state index in [1.807, 2.05) is 37.4 Å². The molecular formula is C27H28N8O. The smallest absolute Gasteiger partial charge is 0.255 e. The van der Waals surface area contributed by atoms with Crippen LogP contribution in [0.4, 0.5) is 11.5 Å². The third-order valence-corrected chi connectivity index (χ3v) is 7.17. The van der Waals surface area contributed by atoms with Gasteiger partial charge in [-0.1, -0.05) is 38.0 Å². The molecule has 1 aliphatic heterocycles. The van der Waals surface area contributed by atoms with E-state index in [1.165, 1.54) is 12.8 Å². The number of carbonyl (C=O) groups is 1. The third-order valence-electron chi connectivity index (χ3n) is 7.17. The number of benzene rings is 1. The molecule has 1 aromatic carbocycles. The Balaban J connectivity index is 1.45. The molecule has 9 nitrogen and oxygen atoms in total. The molecule has 4 aromatic rings. The predicted molar refractivity (Wildman–Crippen MR) is 137 cm³/mol. The average molecular weight is 481 g/mol. The number of anilines is 2. The van der Waals surface area contributed by atoms with Crippen molar-refractivity contribution >= 4 is 17.4 Å². The Labute approximate surface area is 209 Å². The second kappa shape index (κ2) is 9.14. The van der Waals surface area contributed by atoms with Gasteiger partial charge < -0.3 is 10.2 Å². The number of pyridine rings is 1. The van der Waals surface area contributed by atoms with Crippen LogP contribution in [0.15, 0.2) is 55.0 Å². The highest BCUT2D eigenvalue weighted by Gasteiger charge is 2.39. The summed E-state index contributed by atoms with van der Waals surface area (Å²) in [6, 6.07) is 11.5. The van der Waals surface area contributed by atoms with Crippen LogP contribution in [0, 0.1) is 6.92 Å². The zero-order valence-corrected chi connectivity index (χ0v) is 20.4. The van der Waals surface area contributed by atoms with Crippen molar-refractivity contribution in [1.29, 1.82) is 0 Å². The Morgan fingerprint density at radius 1 is 1.08 bits per heavy atom. The maximum atomic E-state index is 12.9. The Bertz CT molecular complexity index is 1410. The van der Waals surface area contributed by atoms with Crippen molar-refractivity contribution in [1.82, 2.24) is 29.7 Å². The molecule has 1 amide bonds. The van der Waals surface area contributed by atoms with Gasteiger partial charge in [0, 0.05) is 23.4 Å². The quantitative estimate of drug-likeness (QED) is 0.434. The predicted octanol–water partition coefficient (Wildman–Crippen LogP) is 4.89. The maximum Gasteiger partial charge on any atom is 0.255 e. The number of carbonyl (C=O) groups excluding carboxylic acids is 1. The molecule has 0 saturated heterocycles. The van der Waals surface area contributed by atoms with Crippen LogP contribution in [-0.2, 0) is 0 Å². The molecule has 36 heavy (non-hydrogen) atoms. The lowest BCUT2D eigenvalue weighted by Gasteiger charge is -2.41. The largest absolute Gasteiger partial charge is 0.342 e. The topological polar surface area (TPSA) is 102 Å². The van der Waals surface area contributed by atoms with Crippen LogP contribution in [0.5, 0.6) is 0 Å². The van der Waals surface area contributed by atoms with Crippen LogP contribution in [0.2, 0.25) is 0 Å². The standard InChI is InChI=1S/C27H28N8O/c1-3-22-26-33-32-17(2)34(26)23-16-29-24(31-25(23)35(22)19-11-7-8-12-19)20-13-14-28-15-21(20)30-27(36)18-9-5-4-6-10-18/h4-6,9-10,13-16,19,22H,3,7-8,11-12H2,1-2H3,(H,30,36). The molecular weight excluding hydrogens is 452 g/mol. The first kappa shape index (κ1) is 22.3. The van der Waals surface area contributed by atoms with Gasteiger partial charge in [0.25, 0.3) is 5.91 Å². The van der Waals surface area contributed by atoms with Gasteiger partial charge >= 0.3 is 0 Å². The summed E-state index contributed by atoms with van der Waals surface area (Å²) >= 11 is 0. The Kier molecular flexibility index (Phi) is 5.67. The summed E-state index contributed by atoms with van der Waals surface area (Å²) in [7, 11) is 0. The monoisotopic (exact) mass is 480 g/mol. The molecule has 1 fully saturated rings. The van der Waals surface area contributed by atoms with Crippen LogP contribution >= 0.6 is 0 Å². The minimum Gasteiger partial charge on any atom is -0.342 e. The molecule has 0 spiro atoms. The summed E-state index contributed by atoms with van der Waals surface area (Å²) in [6.45, 7) is 4.15. The highest BCUT2D eigenvalue weighted by molar-refractivity contribution is 6.05. The van der Waals surface area contributed by atoms with Crippen molar-refractivity contribution in [3.05, 3.63) is 72.2 Å². The van der Waals surface area contributed by atoms with E-state index in [2.05, 4.69) is 36.9 Å². The molecule has 1 N–H and O–H groups in total. The van der Waals surface area contributed by atoms with Crippen molar-refractivity contribution in [3.8, 4) is 17.1 Å². The lowest BCUT2D eigenvalue weighted by Crippen LogP contribution is -2.42. The molecule has 9 heteroatoms. The van der Waals surface area contributed by atoms with E-state index in [-0.39, 0.29) is 11.9 Å². The molecule has 1 saturated carbocycles. The fourth-order valence-corrected chi connectivity index (χ4v) is 5.47. The number of hydrogen-bond donors (Lipinski definition) is 1. The van der Waals surface area contributed by atoms with Crippen LogP contribution in [0.25, 0.3) is 17.1 Å². The van der Waals surface area contributed by atoms with E-state index in [0.29, 0.717) is 23.1 Å². The minimum atomic E-state index is -0.203. The maximum absolute atomic E-state index is 12.9. The minimum absolute atomic E-state index is 0.0965. The first-order valence-electron chi connectivity index (χ1n) is 12.5. The van der Waals surface area contributed by atoms with Crippen LogP contribution in [0.3, 0.4) is 0 Å². The second-order valence-corrected chi connectivity index (χ2v) is 9.35. The van der Waals surface area contributed by atoms with Crippen molar-refractivity contribution in [2.45, 2.75) is 58.0 Å². The van der Waals surface area contributed by atoms with Crippen molar-refractivity contribution in [2.24, 2.45) is 0 Å². The highest BCUT2D eigenvalue weighted by Crippen LogP contribution is 2.43. The molecule has 3 aromatic heterocycles. The molecule has 1 unspecified atom stereocenters. The number of hydrogen-bond acceptors (Lipinski definition) is 7. The molecule has 0 bridgehead atoms. The van der Waals surface area contributed by atoms with Crippen LogP contribution in [0.1, 0.15) is 67.1 Å². The van der Waals surface area contributed by atoms with Crippen molar-refractivity contribution < 1.29 is 4.79 Å². The Morgan fingerprint density at radius 3 is 2.67 bits per heavy atom. The normalized spacial score (nSPS) is 17.1. The van der Waals surface area contributed by atoms with Gasteiger partial charge in [0.15, 0.2) is 17.5 Å². The first-order valence-corrected chi connectivity index (χ1v) is 12.5. The average Bonchev–Trinajstić information content (AvgIpc) is 3.59. The zero-order valence-electron chi connectivity index (χ0n) is 20.4. The SMILES string of the molecule is CCC1c2nnc(C)n2-c2cnc(-c3ccncc3NC(=O)c3ccccc3)nc2N1C1CCCC1. The number of nitrogens with one attached hydrogen (secondary N) is 1. The molecule has 2 aliphatic rings. The van der Waals surface area contributed by atoms with Gasteiger partial charge in [-0.05, 0) is 44.4 Å². The van der Waals surface area contributed by atoms with Gasteiger partial charge in [0.2, 0.25) is 0 Å². The number of rotatable bonds is 5. The number of nitrogens with zero attached hydrogens (tertiary/aromatic N) is 7. The van der Waals surface area contributed by atoms with E-state index < -0.39 is 0 Å². The Morgan fingerprint density at radius 2 is 1.89 bits per heavy atom. The molecule has 1 aliphatic carbocycles. The number of amides is 1. The summed E-state index contributed by atoms with van der Waals surface area (Å²) in [6.07, 6.45) is 10.8. The number of aryl methyl sites for hydroxylation is 1. The lowest BCUT2D eigenvalue weighted by molar-refractivity contribution is 0.102. The van der Waals surface area contributed by atoms with Gasteiger partial charge in [-0.3, -0.25) is 14.3 Å². The molecule has 182 valence electrons. The van der Waals surface area contributed by atoms with Gasteiger partial charge in [0.05, 0.1) is 24.1 Å². The van der Waals surface area contributed by atoms with Crippen LogP contribution in [-0.4, -0.2) is 41.7 Å². The van der Waals surface area contributed by atoms with Crippen LogP contribution < -0.4 is 10.2 Å². The lowest BCUT2D eigenvalue weighted by atomic mass is 10.0. The summed E-state index contributed by atoms with van der Waals surface area (Å²) in [5, 5.41) is 11.9. The van der Waals surface area contributed by atoms with E-state index in [0.717, 1.165) is 48.0 Å². The van der Waals surface area contributed by atoms with Crippen molar-refractivity contribution in [3.63, 3.8) is 0 Å². The summed E-state index contributed by atoms with van der Waals surface area (Å²) in [5.74, 6) is 3.02. The Hall–Kier alpha value is -4.14. The first-order chi connectivity index (χ1) is 17.7. The molecule has 4 heterocycles. The van der Waals surface area contributed by atoms with Gasteiger partial charge in [-0.25, -0.2) is 9.97 Å². The van der Waals surface area contributed by atoms with Gasteiger partial charge in [-0.2, -0.15) is 0 Å². The number of aromatic nitrogens is 6. The van der Waals surface area contributed by atoms with E-state index in [9.17, 15) is 4.79 Å². The van der Waals surface area contributed by atoms with Gasteiger partial charge in [-0.15, -0.1) is 10.2 Å². The highest BCUT2D eigenvalue weighted by atomic mass is 16.1. The van der Waals surface area contributed by atoms with E-state index in [4.69, 9.17) is 9.97 Å². The molecule has 6 rings (SSSR count). The fourth-order valence-electron chi connectivity index (χ4n) is 5.47. The zero-order chi connectivity index (χ0) is 24.6. The summed E-state index contributed by atoms with van der Waals surface area (Å²) in [4.78, 5) is 29.4. The molecule has 0 radical (unpaired) electrons. The fraction of sp³-hybridized carbons (Fsp3) is 0.333. The van der Waals surface area contributed by atoms with E-state index >= 15 is 0 Å². The van der Waals surface area contributed by atoms with Gasteiger partial charge in [0.1, 0.15) is 11.5 Å². The van der Waals surface area contributed by atoms with Crippen molar-refractivity contribution in [2.75, 3.05) is 10.2 Å². The third kappa shape index (κ3) is 3.71. The summed E-state index contributed by atoms with van der Waals surface area (Å²) in [5.41, 5.74) is 2.77. The molecule has 1 atom stereocenters.